The minimum atomic E-state index is -1.87. The molecule has 1 N–H and O–H groups in total. The Morgan fingerprint density at radius 1 is 0.905 bits per heavy atom. The summed E-state index contributed by atoms with van der Waals surface area (Å²) in [6.07, 6.45) is -2.10. The quantitative estimate of drug-likeness (QED) is 0.370. The van der Waals surface area contributed by atoms with Crippen molar-refractivity contribution in [3.8, 4) is 0 Å². The minimum absolute atomic E-state index is 0.0270. The molecule has 2 bridgehead atoms. The lowest BCUT2D eigenvalue weighted by atomic mass is 9.47. The van der Waals surface area contributed by atoms with E-state index in [1.807, 2.05) is 0 Å². The van der Waals surface area contributed by atoms with Gasteiger partial charge in [-0.05, 0) is 58.4 Å². The van der Waals surface area contributed by atoms with E-state index in [-0.39, 0.29) is 30.8 Å². The number of carbonyl (C=O) groups excluding carboxylic acids is 4. The summed E-state index contributed by atoms with van der Waals surface area (Å²) in [5, 5.41) is 12.4. The van der Waals surface area contributed by atoms with Crippen LogP contribution in [0.25, 0.3) is 0 Å². The molecule has 42 heavy (non-hydrogen) atoms. The van der Waals surface area contributed by atoms with E-state index < -0.39 is 76.4 Å². The number of fused-ring (bicyclic) bond motifs is 1. The van der Waals surface area contributed by atoms with E-state index in [4.69, 9.17) is 32.5 Å². The van der Waals surface area contributed by atoms with E-state index in [2.05, 4.69) is 0 Å². The molecular formula is C30H36O12. The monoisotopic (exact) mass is 588 g/mol. The second kappa shape index (κ2) is 10.3. The van der Waals surface area contributed by atoms with Crippen molar-refractivity contribution >= 4 is 23.9 Å². The minimum Gasteiger partial charge on any atom is -0.458 e. The highest BCUT2D eigenvalue weighted by atomic mass is 16.6. The number of furan rings is 2. The molecule has 1 aliphatic heterocycles. The molecule has 0 aromatic carbocycles. The van der Waals surface area contributed by atoms with Crippen molar-refractivity contribution in [2.24, 2.45) is 11.3 Å². The first kappa shape index (κ1) is 29.8. The molecule has 12 heteroatoms. The molecule has 0 amide bonds. The fourth-order valence-corrected chi connectivity index (χ4v) is 7.38. The van der Waals surface area contributed by atoms with Gasteiger partial charge in [0.2, 0.25) is 11.5 Å². The molecule has 5 rings (SSSR count). The Bertz CT molecular complexity index is 1340. The zero-order chi connectivity index (χ0) is 30.7. The van der Waals surface area contributed by atoms with Crippen LogP contribution in [-0.2, 0) is 33.3 Å². The number of esters is 4. The number of aliphatic hydroxyl groups is 1. The molecule has 228 valence electrons. The van der Waals surface area contributed by atoms with Gasteiger partial charge in [0.15, 0.2) is 6.10 Å². The summed E-state index contributed by atoms with van der Waals surface area (Å²) in [4.78, 5) is 51.7. The van der Waals surface area contributed by atoms with Gasteiger partial charge in [-0.3, -0.25) is 9.59 Å². The second-order valence-corrected chi connectivity index (χ2v) is 12.1. The molecule has 3 aliphatic rings. The van der Waals surface area contributed by atoms with Gasteiger partial charge in [0.25, 0.3) is 0 Å². The number of ether oxygens (including phenoxy) is 5. The Morgan fingerprint density at radius 2 is 1.50 bits per heavy atom. The number of hydrogen-bond donors (Lipinski definition) is 1. The van der Waals surface area contributed by atoms with Gasteiger partial charge < -0.3 is 37.6 Å². The Hall–Kier alpha value is -3.64. The van der Waals surface area contributed by atoms with Crippen molar-refractivity contribution < 1.29 is 56.8 Å². The van der Waals surface area contributed by atoms with E-state index in [1.165, 1.54) is 44.6 Å². The summed E-state index contributed by atoms with van der Waals surface area (Å²) in [5.74, 6) is -3.58. The van der Waals surface area contributed by atoms with Crippen LogP contribution >= 0.6 is 0 Å². The maximum absolute atomic E-state index is 13.3. The lowest BCUT2D eigenvalue weighted by Gasteiger charge is -2.65. The molecule has 2 aliphatic carbocycles. The zero-order valence-electron chi connectivity index (χ0n) is 24.4. The first-order valence-electron chi connectivity index (χ1n) is 14.0. The van der Waals surface area contributed by atoms with E-state index in [1.54, 1.807) is 33.8 Å². The third-order valence-electron chi connectivity index (χ3n) is 9.14. The molecule has 12 nitrogen and oxygen atoms in total. The van der Waals surface area contributed by atoms with Crippen LogP contribution < -0.4 is 0 Å². The predicted molar refractivity (Wildman–Crippen MR) is 141 cm³/mol. The maximum atomic E-state index is 13.3. The van der Waals surface area contributed by atoms with Crippen molar-refractivity contribution in [3.63, 3.8) is 0 Å². The highest BCUT2D eigenvalue weighted by Gasteiger charge is 2.84. The molecule has 2 aromatic heterocycles. The lowest BCUT2D eigenvalue weighted by molar-refractivity contribution is -0.343. The summed E-state index contributed by atoms with van der Waals surface area (Å²) in [7, 11) is 0. The SMILES string of the molecule is CCC(=O)OC1CC(C)(O)C23OC(C)(C)C(CC(OC(=O)c4ccco4)C2(C)C1OC(C)=O)C3OC(=O)c1ccco1. The van der Waals surface area contributed by atoms with E-state index in [0.29, 0.717) is 0 Å². The van der Waals surface area contributed by atoms with Gasteiger partial charge in [-0.1, -0.05) is 6.92 Å². The topological polar surface area (TPSA) is 161 Å². The number of hydrogen-bond acceptors (Lipinski definition) is 12. The zero-order valence-corrected chi connectivity index (χ0v) is 24.4. The molecule has 1 saturated heterocycles. The normalized spacial score (nSPS) is 36.4. The van der Waals surface area contributed by atoms with E-state index >= 15 is 0 Å². The summed E-state index contributed by atoms with van der Waals surface area (Å²) in [6.45, 7) is 9.51. The standard InChI is InChI=1S/C30H36O12/c1-7-22(32)39-20-15-28(5,35)30-23(41-26(34)19-11-9-13-37-19)17(27(3,4)42-30)14-21(29(30,6)24(20)38-16(2)31)40-25(33)18-10-8-12-36-18/h8-13,17,20-21,23-24,35H,7,14-15H2,1-6H3. The molecule has 1 spiro atoms. The first-order chi connectivity index (χ1) is 19.7. The molecular weight excluding hydrogens is 552 g/mol. The Kier molecular flexibility index (Phi) is 7.29. The lowest BCUT2D eigenvalue weighted by Crippen LogP contribution is -2.81. The second-order valence-electron chi connectivity index (χ2n) is 12.1. The maximum Gasteiger partial charge on any atom is 0.374 e. The van der Waals surface area contributed by atoms with Crippen LogP contribution in [0.3, 0.4) is 0 Å². The van der Waals surface area contributed by atoms with Gasteiger partial charge in [0.05, 0.1) is 29.1 Å². The smallest absolute Gasteiger partial charge is 0.374 e. The summed E-state index contributed by atoms with van der Waals surface area (Å²) in [6, 6.07) is 5.97. The summed E-state index contributed by atoms with van der Waals surface area (Å²) in [5.41, 5.74) is -6.34. The summed E-state index contributed by atoms with van der Waals surface area (Å²) < 4.78 is 41.1. The molecule has 8 atom stereocenters. The molecule has 2 aromatic rings. The fraction of sp³-hybridized carbons (Fsp3) is 0.600. The van der Waals surface area contributed by atoms with Crippen LogP contribution in [-0.4, -0.2) is 70.2 Å². The molecule has 2 saturated carbocycles. The number of carbonyl (C=O) groups is 4. The van der Waals surface area contributed by atoms with E-state index in [0.717, 1.165) is 0 Å². The third kappa shape index (κ3) is 4.43. The van der Waals surface area contributed by atoms with Crippen LogP contribution in [0.2, 0.25) is 0 Å². The van der Waals surface area contributed by atoms with E-state index in [9.17, 15) is 24.3 Å². The van der Waals surface area contributed by atoms with Crippen molar-refractivity contribution in [2.45, 2.75) is 102 Å². The highest BCUT2D eigenvalue weighted by molar-refractivity contribution is 5.87. The third-order valence-corrected chi connectivity index (χ3v) is 9.14. The van der Waals surface area contributed by atoms with Crippen molar-refractivity contribution in [3.05, 3.63) is 48.3 Å². The molecule has 8 unspecified atom stereocenters. The molecule has 3 heterocycles. The average Bonchev–Trinajstić information content (AvgIpc) is 3.66. The van der Waals surface area contributed by atoms with Crippen molar-refractivity contribution in [2.75, 3.05) is 0 Å². The molecule has 0 radical (unpaired) electrons. The first-order valence-corrected chi connectivity index (χ1v) is 14.0. The largest absolute Gasteiger partial charge is 0.458 e. The van der Waals surface area contributed by atoms with Crippen molar-refractivity contribution in [1.29, 1.82) is 0 Å². The number of rotatable bonds is 7. The van der Waals surface area contributed by atoms with Crippen molar-refractivity contribution in [1.82, 2.24) is 0 Å². The van der Waals surface area contributed by atoms with Gasteiger partial charge in [0, 0.05) is 25.7 Å². The fourth-order valence-electron chi connectivity index (χ4n) is 7.38. The van der Waals surface area contributed by atoms with Gasteiger partial charge in [-0.2, -0.15) is 0 Å². The summed E-state index contributed by atoms with van der Waals surface area (Å²) >= 11 is 0. The van der Waals surface area contributed by atoms with Crippen LogP contribution in [0.4, 0.5) is 0 Å². The van der Waals surface area contributed by atoms with Gasteiger partial charge in [0.1, 0.15) is 23.9 Å². The van der Waals surface area contributed by atoms with Gasteiger partial charge in [-0.15, -0.1) is 0 Å². The van der Waals surface area contributed by atoms with Crippen LogP contribution in [0, 0.1) is 11.3 Å². The Morgan fingerprint density at radius 3 is 2.02 bits per heavy atom. The molecule has 3 fully saturated rings. The Balaban J connectivity index is 1.70. The highest BCUT2D eigenvalue weighted by Crippen LogP contribution is 2.69. The van der Waals surface area contributed by atoms with Crippen LogP contribution in [0.15, 0.2) is 45.6 Å². The van der Waals surface area contributed by atoms with Gasteiger partial charge >= 0.3 is 23.9 Å². The predicted octanol–water partition coefficient (Wildman–Crippen LogP) is 3.61. The van der Waals surface area contributed by atoms with Crippen LogP contribution in [0.1, 0.15) is 81.9 Å². The Labute approximate surface area is 242 Å². The van der Waals surface area contributed by atoms with Crippen LogP contribution in [0.5, 0.6) is 0 Å². The average molecular weight is 589 g/mol. The van der Waals surface area contributed by atoms with Gasteiger partial charge in [-0.25, -0.2) is 9.59 Å².